The van der Waals surface area contributed by atoms with E-state index in [-0.39, 0.29) is 23.8 Å². The highest BCUT2D eigenvalue weighted by Gasteiger charge is 2.08. The quantitative estimate of drug-likeness (QED) is 0.826. The van der Waals surface area contributed by atoms with E-state index in [1.54, 1.807) is 13.1 Å². The van der Waals surface area contributed by atoms with Crippen LogP contribution >= 0.6 is 0 Å². The summed E-state index contributed by atoms with van der Waals surface area (Å²) in [5.41, 5.74) is 0.285. The summed E-state index contributed by atoms with van der Waals surface area (Å²) in [4.78, 5) is 19.3. The smallest absolute Gasteiger partial charge is 0.253 e. The molecule has 0 aliphatic heterocycles. The molecule has 2 aromatic heterocycles. The number of rotatable bonds is 3. The molecule has 0 bridgehead atoms. The van der Waals surface area contributed by atoms with Gasteiger partial charge in [0.25, 0.3) is 5.91 Å². The Morgan fingerprint density at radius 1 is 1.47 bits per heavy atom. The first kappa shape index (κ1) is 11.1. The highest BCUT2D eigenvalue weighted by molar-refractivity contribution is 5.94. The van der Waals surface area contributed by atoms with Crippen molar-refractivity contribution in [3.63, 3.8) is 0 Å². The normalized spacial score (nSPS) is 10.2. The SMILES string of the molecule is Cc1cnc(CNC(=O)c2cncc(O)c2)o1. The van der Waals surface area contributed by atoms with Crippen LogP contribution in [0.3, 0.4) is 0 Å². The number of aromatic hydroxyl groups is 1. The molecule has 0 aromatic carbocycles. The molecule has 17 heavy (non-hydrogen) atoms. The third-order valence-corrected chi connectivity index (χ3v) is 2.06. The van der Waals surface area contributed by atoms with Crippen LogP contribution in [0, 0.1) is 6.92 Å². The van der Waals surface area contributed by atoms with Gasteiger partial charge in [-0.05, 0) is 13.0 Å². The summed E-state index contributed by atoms with van der Waals surface area (Å²) in [6.07, 6.45) is 4.21. The van der Waals surface area contributed by atoms with E-state index in [0.717, 1.165) is 0 Å². The molecule has 1 amide bonds. The van der Waals surface area contributed by atoms with Gasteiger partial charge in [-0.15, -0.1) is 0 Å². The Morgan fingerprint density at radius 2 is 2.29 bits per heavy atom. The zero-order valence-electron chi connectivity index (χ0n) is 9.17. The second-order valence-electron chi connectivity index (χ2n) is 3.48. The number of nitrogens with zero attached hydrogens (tertiary/aromatic N) is 2. The fourth-order valence-electron chi connectivity index (χ4n) is 1.29. The average Bonchev–Trinajstić information content (AvgIpc) is 2.72. The number of pyridine rings is 1. The molecule has 0 atom stereocenters. The van der Waals surface area contributed by atoms with Crippen molar-refractivity contribution in [2.45, 2.75) is 13.5 Å². The highest BCUT2D eigenvalue weighted by Crippen LogP contribution is 2.08. The molecule has 6 nitrogen and oxygen atoms in total. The lowest BCUT2D eigenvalue weighted by Gasteiger charge is -2.02. The van der Waals surface area contributed by atoms with Gasteiger partial charge in [0.05, 0.1) is 24.5 Å². The van der Waals surface area contributed by atoms with E-state index < -0.39 is 0 Å². The number of carbonyl (C=O) groups excluding carboxylic acids is 1. The number of oxazole rings is 1. The molecule has 88 valence electrons. The molecule has 0 unspecified atom stereocenters. The van der Waals surface area contributed by atoms with E-state index >= 15 is 0 Å². The first-order chi connectivity index (χ1) is 8.15. The Kier molecular flexibility index (Phi) is 3.04. The Balaban J connectivity index is 1.98. The van der Waals surface area contributed by atoms with Gasteiger partial charge in [-0.1, -0.05) is 0 Å². The Morgan fingerprint density at radius 3 is 2.94 bits per heavy atom. The topological polar surface area (TPSA) is 88.2 Å². The van der Waals surface area contributed by atoms with E-state index in [9.17, 15) is 9.90 Å². The first-order valence-corrected chi connectivity index (χ1v) is 4.98. The minimum absolute atomic E-state index is 0.0513. The molecule has 2 N–H and O–H groups in total. The molecule has 6 heteroatoms. The average molecular weight is 233 g/mol. The van der Waals surface area contributed by atoms with E-state index in [1.165, 1.54) is 18.5 Å². The zero-order valence-corrected chi connectivity index (χ0v) is 9.17. The summed E-state index contributed by atoms with van der Waals surface area (Å²) in [7, 11) is 0. The molecule has 0 radical (unpaired) electrons. The predicted molar refractivity (Wildman–Crippen MR) is 58.3 cm³/mol. The van der Waals surface area contributed by atoms with Crippen molar-refractivity contribution in [1.29, 1.82) is 0 Å². The van der Waals surface area contributed by atoms with Crippen LogP contribution in [0.2, 0.25) is 0 Å². The van der Waals surface area contributed by atoms with Crippen LogP contribution in [-0.2, 0) is 6.54 Å². The lowest BCUT2D eigenvalue weighted by Crippen LogP contribution is -2.22. The van der Waals surface area contributed by atoms with Crippen LogP contribution in [0.25, 0.3) is 0 Å². The minimum Gasteiger partial charge on any atom is -0.506 e. The number of hydrogen-bond donors (Lipinski definition) is 2. The van der Waals surface area contributed by atoms with Crippen molar-refractivity contribution in [2.75, 3.05) is 0 Å². The summed E-state index contributed by atoms with van der Waals surface area (Å²) >= 11 is 0. The van der Waals surface area contributed by atoms with Crippen molar-refractivity contribution in [1.82, 2.24) is 15.3 Å². The van der Waals surface area contributed by atoms with Crippen molar-refractivity contribution in [3.8, 4) is 5.75 Å². The number of aryl methyl sites for hydroxylation is 1. The molecule has 0 fully saturated rings. The number of aromatic nitrogens is 2. The molecule has 2 heterocycles. The molecule has 0 spiro atoms. The summed E-state index contributed by atoms with van der Waals surface area (Å²) in [5, 5.41) is 11.8. The van der Waals surface area contributed by atoms with Crippen LogP contribution in [0.5, 0.6) is 5.75 Å². The standard InChI is InChI=1S/C11H11N3O3/c1-7-3-13-10(17-7)6-14-11(16)8-2-9(15)5-12-4-8/h2-5,15H,6H2,1H3,(H,14,16). The maximum atomic E-state index is 11.6. The van der Waals surface area contributed by atoms with E-state index in [2.05, 4.69) is 15.3 Å². The molecule has 0 aliphatic carbocycles. The van der Waals surface area contributed by atoms with Crippen molar-refractivity contribution in [3.05, 3.63) is 41.9 Å². The molecular weight excluding hydrogens is 222 g/mol. The molecule has 0 saturated heterocycles. The van der Waals surface area contributed by atoms with Crippen LogP contribution in [0.4, 0.5) is 0 Å². The van der Waals surface area contributed by atoms with Crippen LogP contribution in [-0.4, -0.2) is 21.0 Å². The largest absolute Gasteiger partial charge is 0.506 e. The summed E-state index contributed by atoms with van der Waals surface area (Å²) in [6, 6.07) is 1.34. The summed E-state index contributed by atoms with van der Waals surface area (Å²) in [6.45, 7) is 1.97. The maximum Gasteiger partial charge on any atom is 0.253 e. The van der Waals surface area contributed by atoms with Crippen molar-refractivity contribution in [2.24, 2.45) is 0 Å². The molecule has 0 aliphatic rings. The van der Waals surface area contributed by atoms with Gasteiger partial charge in [0.2, 0.25) is 5.89 Å². The van der Waals surface area contributed by atoms with E-state index in [1.807, 2.05) is 0 Å². The molecule has 2 aromatic rings. The lowest BCUT2D eigenvalue weighted by atomic mass is 10.2. The Hall–Kier alpha value is -2.37. The number of amides is 1. The number of nitrogens with one attached hydrogen (secondary N) is 1. The molecule has 0 saturated carbocycles. The first-order valence-electron chi connectivity index (χ1n) is 4.98. The van der Waals surface area contributed by atoms with E-state index in [0.29, 0.717) is 11.7 Å². The van der Waals surface area contributed by atoms with Gasteiger partial charge >= 0.3 is 0 Å². The second kappa shape index (κ2) is 4.65. The van der Waals surface area contributed by atoms with E-state index in [4.69, 9.17) is 4.42 Å². The highest BCUT2D eigenvalue weighted by atomic mass is 16.4. The third-order valence-electron chi connectivity index (χ3n) is 2.06. The predicted octanol–water partition coefficient (Wildman–Crippen LogP) is 1.01. The number of hydrogen-bond acceptors (Lipinski definition) is 5. The van der Waals surface area contributed by atoms with Crippen LogP contribution in [0.15, 0.2) is 29.1 Å². The van der Waals surface area contributed by atoms with Gasteiger partial charge in [0.1, 0.15) is 11.5 Å². The lowest BCUT2D eigenvalue weighted by molar-refractivity contribution is 0.0946. The van der Waals surface area contributed by atoms with Crippen LogP contribution < -0.4 is 5.32 Å². The summed E-state index contributed by atoms with van der Waals surface area (Å²) < 4.78 is 5.20. The molecular formula is C11H11N3O3. The zero-order chi connectivity index (χ0) is 12.3. The monoisotopic (exact) mass is 233 g/mol. The fraction of sp³-hybridized carbons (Fsp3) is 0.182. The van der Waals surface area contributed by atoms with Gasteiger partial charge < -0.3 is 14.8 Å². The van der Waals surface area contributed by atoms with Gasteiger partial charge in [0, 0.05) is 6.20 Å². The van der Waals surface area contributed by atoms with Gasteiger partial charge in [-0.25, -0.2) is 4.98 Å². The minimum atomic E-state index is -0.343. The van der Waals surface area contributed by atoms with Gasteiger partial charge in [-0.2, -0.15) is 0 Å². The van der Waals surface area contributed by atoms with Crippen LogP contribution in [0.1, 0.15) is 22.0 Å². The van der Waals surface area contributed by atoms with Gasteiger partial charge in [-0.3, -0.25) is 9.78 Å². The van der Waals surface area contributed by atoms with Gasteiger partial charge in [0.15, 0.2) is 0 Å². The number of carbonyl (C=O) groups is 1. The Labute approximate surface area is 97.3 Å². The van der Waals surface area contributed by atoms with Crippen molar-refractivity contribution >= 4 is 5.91 Å². The second-order valence-corrected chi connectivity index (χ2v) is 3.48. The summed E-state index contributed by atoms with van der Waals surface area (Å²) in [5.74, 6) is 0.728. The molecule has 2 rings (SSSR count). The fourth-order valence-corrected chi connectivity index (χ4v) is 1.29. The van der Waals surface area contributed by atoms with Crippen molar-refractivity contribution < 1.29 is 14.3 Å². The third kappa shape index (κ3) is 2.81. The Bertz CT molecular complexity index is 536. The maximum absolute atomic E-state index is 11.6.